The SMILES string of the molecule is [N-]=[N+]=NCCOCCOCCOCc1cc(O)cc2oc(=O)c(C(=O)Sc3ccccc3)cc12. The van der Waals surface area contributed by atoms with Gasteiger partial charge in [-0.05, 0) is 47.1 Å². The van der Waals surface area contributed by atoms with Crippen molar-refractivity contribution >= 4 is 27.8 Å². The fraction of sp³-hybridized carbons (Fsp3) is 0.304. The average molecular weight is 486 g/mol. The number of phenols is 1. The Kier molecular flexibility index (Phi) is 9.96. The molecule has 0 saturated carbocycles. The molecule has 10 nitrogen and oxygen atoms in total. The van der Waals surface area contributed by atoms with Crippen molar-refractivity contribution < 1.29 is 28.5 Å². The van der Waals surface area contributed by atoms with Gasteiger partial charge in [-0.1, -0.05) is 23.3 Å². The molecule has 1 aromatic heterocycles. The van der Waals surface area contributed by atoms with Crippen LogP contribution in [-0.2, 0) is 20.8 Å². The lowest BCUT2D eigenvalue weighted by Gasteiger charge is -2.10. The zero-order valence-electron chi connectivity index (χ0n) is 18.2. The minimum atomic E-state index is -0.770. The lowest BCUT2D eigenvalue weighted by molar-refractivity contribution is 0.0121. The summed E-state index contributed by atoms with van der Waals surface area (Å²) in [5, 5.41) is 13.4. The number of hydrogen-bond acceptors (Lipinski definition) is 9. The maximum absolute atomic E-state index is 12.7. The molecule has 0 saturated heterocycles. The molecule has 0 atom stereocenters. The highest BCUT2D eigenvalue weighted by molar-refractivity contribution is 8.14. The van der Waals surface area contributed by atoms with Gasteiger partial charge in [0.25, 0.3) is 0 Å². The summed E-state index contributed by atoms with van der Waals surface area (Å²) in [4.78, 5) is 28.4. The van der Waals surface area contributed by atoms with Crippen LogP contribution in [-0.4, -0.2) is 49.8 Å². The lowest BCUT2D eigenvalue weighted by Crippen LogP contribution is -2.12. The first kappa shape index (κ1) is 25.3. The Hall–Kier alpha value is -3.34. The summed E-state index contributed by atoms with van der Waals surface area (Å²) in [5.74, 6) is -0.0823. The molecule has 3 aromatic rings. The van der Waals surface area contributed by atoms with Gasteiger partial charge in [-0.3, -0.25) is 4.79 Å². The van der Waals surface area contributed by atoms with Crippen LogP contribution in [0.2, 0.25) is 0 Å². The molecule has 0 aliphatic rings. The van der Waals surface area contributed by atoms with Gasteiger partial charge in [0.15, 0.2) is 0 Å². The molecule has 178 valence electrons. The van der Waals surface area contributed by atoms with Gasteiger partial charge >= 0.3 is 5.63 Å². The van der Waals surface area contributed by atoms with E-state index in [2.05, 4.69) is 10.0 Å². The summed E-state index contributed by atoms with van der Waals surface area (Å²) < 4.78 is 21.6. The highest BCUT2D eigenvalue weighted by Crippen LogP contribution is 2.27. The number of nitrogens with zero attached hydrogens (tertiary/aromatic N) is 3. The van der Waals surface area contributed by atoms with Crippen LogP contribution < -0.4 is 5.63 Å². The number of carbonyl (C=O) groups is 1. The molecule has 0 bridgehead atoms. The topological polar surface area (TPSA) is 144 Å². The van der Waals surface area contributed by atoms with Gasteiger partial charge in [-0.15, -0.1) is 0 Å². The third-order valence-corrected chi connectivity index (χ3v) is 5.41. The van der Waals surface area contributed by atoms with Crippen LogP contribution in [0.1, 0.15) is 15.9 Å². The number of fused-ring (bicyclic) bond motifs is 1. The van der Waals surface area contributed by atoms with Gasteiger partial charge < -0.3 is 23.7 Å². The van der Waals surface area contributed by atoms with E-state index in [1.807, 2.05) is 6.07 Å². The zero-order chi connectivity index (χ0) is 24.2. The van der Waals surface area contributed by atoms with Crippen molar-refractivity contribution in [2.75, 3.05) is 39.6 Å². The lowest BCUT2D eigenvalue weighted by atomic mass is 10.1. The molecule has 1 heterocycles. The van der Waals surface area contributed by atoms with Crippen LogP contribution in [0, 0.1) is 0 Å². The predicted octanol–water partition coefficient (Wildman–Crippen LogP) is 4.29. The fourth-order valence-electron chi connectivity index (χ4n) is 2.96. The maximum Gasteiger partial charge on any atom is 0.348 e. The summed E-state index contributed by atoms with van der Waals surface area (Å²) in [6, 6.07) is 13.3. The first-order valence-electron chi connectivity index (χ1n) is 10.4. The third-order valence-electron chi connectivity index (χ3n) is 4.50. The minimum absolute atomic E-state index is 0.0823. The molecule has 0 radical (unpaired) electrons. The Morgan fingerprint density at radius 1 is 1.03 bits per heavy atom. The number of azide groups is 1. The second-order valence-corrected chi connectivity index (χ2v) is 7.94. The molecule has 0 amide bonds. The largest absolute Gasteiger partial charge is 0.508 e. The minimum Gasteiger partial charge on any atom is -0.508 e. The molecular formula is C23H23N3O7S. The van der Waals surface area contributed by atoms with Crippen molar-refractivity contribution in [1.82, 2.24) is 0 Å². The van der Waals surface area contributed by atoms with Crippen molar-refractivity contribution in [2.24, 2.45) is 5.11 Å². The summed E-state index contributed by atoms with van der Waals surface area (Å²) in [6.45, 7) is 2.06. The Labute approximate surface area is 199 Å². The molecule has 0 unspecified atom stereocenters. The monoisotopic (exact) mass is 485 g/mol. The van der Waals surface area contributed by atoms with E-state index >= 15 is 0 Å². The standard InChI is InChI=1S/C23H23N3O7S/c24-26-25-6-7-30-8-9-31-10-11-32-15-16-12-17(27)13-21-19(16)14-20(22(28)33-21)23(29)34-18-4-2-1-3-5-18/h1-5,12-14,27H,6-11,15H2. The maximum atomic E-state index is 12.7. The second-order valence-electron chi connectivity index (χ2n) is 6.90. The molecule has 11 heteroatoms. The normalized spacial score (nSPS) is 10.8. The number of benzene rings is 2. The predicted molar refractivity (Wildman–Crippen MR) is 126 cm³/mol. The number of ether oxygens (including phenoxy) is 3. The van der Waals surface area contributed by atoms with Crippen molar-refractivity contribution in [3.63, 3.8) is 0 Å². The van der Waals surface area contributed by atoms with Crippen LogP contribution in [0.5, 0.6) is 5.75 Å². The molecule has 0 spiro atoms. The molecular weight excluding hydrogens is 462 g/mol. The van der Waals surface area contributed by atoms with Crippen LogP contribution >= 0.6 is 11.8 Å². The van der Waals surface area contributed by atoms with Crippen molar-refractivity contribution in [1.29, 1.82) is 0 Å². The average Bonchev–Trinajstić information content (AvgIpc) is 2.82. The third kappa shape index (κ3) is 7.62. The van der Waals surface area contributed by atoms with E-state index in [9.17, 15) is 14.7 Å². The summed E-state index contributed by atoms with van der Waals surface area (Å²) in [7, 11) is 0. The summed E-state index contributed by atoms with van der Waals surface area (Å²) >= 11 is 0.937. The Morgan fingerprint density at radius 3 is 2.47 bits per heavy atom. The van der Waals surface area contributed by atoms with E-state index in [1.165, 1.54) is 18.2 Å². The molecule has 0 fully saturated rings. The van der Waals surface area contributed by atoms with Crippen LogP contribution in [0.15, 0.2) is 67.8 Å². The summed E-state index contributed by atoms with van der Waals surface area (Å²) in [5.41, 5.74) is 8.04. The van der Waals surface area contributed by atoms with Crippen LogP contribution in [0.25, 0.3) is 21.4 Å². The molecule has 34 heavy (non-hydrogen) atoms. The quantitative estimate of drug-likeness (QED) is 0.0943. The van der Waals surface area contributed by atoms with E-state index in [0.717, 1.165) is 11.8 Å². The van der Waals surface area contributed by atoms with E-state index in [-0.39, 0.29) is 36.7 Å². The molecule has 3 rings (SSSR count). The zero-order valence-corrected chi connectivity index (χ0v) is 19.0. The van der Waals surface area contributed by atoms with E-state index in [4.69, 9.17) is 24.2 Å². The van der Waals surface area contributed by atoms with Crippen molar-refractivity contribution in [3.8, 4) is 5.75 Å². The van der Waals surface area contributed by atoms with E-state index in [0.29, 0.717) is 42.3 Å². The highest BCUT2D eigenvalue weighted by atomic mass is 32.2. The molecule has 0 aliphatic heterocycles. The second kappa shape index (κ2) is 13.4. The summed E-state index contributed by atoms with van der Waals surface area (Å²) in [6.07, 6.45) is 0. The van der Waals surface area contributed by atoms with Gasteiger partial charge in [-0.2, -0.15) is 0 Å². The molecule has 1 N–H and O–H groups in total. The van der Waals surface area contributed by atoms with Crippen LogP contribution in [0.4, 0.5) is 0 Å². The van der Waals surface area contributed by atoms with E-state index < -0.39 is 10.7 Å². The Bertz CT molecular complexity index is 1210. The Morgan fingerprint density at radius 2 is 1.74 bits per heavy atom. The van der Waals surface area contributed by atoms with Gasteiger partial charge in [0.05, 0.1) is 39.6 Å². The fourth-order valence-corrected chi connectivity index (χ4v) is 3.72. The number of aromatic hydroxyl groups is 1. The first-order valence-corrected chi connectivity index (χ1v) is 11.2. The Balaban J connectivity index is 1.58. The van der Waals surface area contributed by atoms with Gasteiger partial charge in [-0.25, -0.2) is 4.79 Å². The number of phenolic OH excluding ortho intramolecular Hbond substituents is 1. The van der Waals surface area contributed by atoms with Crippen LogP contribution in [0.3, 0.4) is 0 Å². The van der Waals surface area contributed by atoms with Crippen molar-refractivity contribution in [3.05, 3.63) is 80.5 Å². The molecule has 0 aliphatic carbocycles. The number of hydrogen-bond donors (Lipinski definition) is 1. The number of thioether (sulfide) groups is 1. The highest BCUT2D eigenvalue weighted by Gasteiger charge is 2.17. The number of carbonyl (C=O) groups excluding carboxylic acids is 1. The van der Waals surface area contributed by atoms with Gasteiger partial charge in [0, 0.05) is 27.8 Å². The van der Waals surface area contributed by atoms with Gasteiger partial charge in [0.2, 0.25) is 5.12 Å². The van der Waals surface area contributed by atoms with Gasteiger partial charge in [0.1, 0.15) is 16.9 Å². The van der Waals surface area contributed by atoms with E-state index in [1.54, 1.807) is 24.3 Å². The number of rotatable bonds is 13. The van der Waals surface area contributed by atoms with Crippen molar-refractivity contribution in [2.45, 2.75) is 11.5 Å². The first-order chi connectivity index (χ1) is 16.6. The smallest absolute Gasteiger partial charge is 0.348 e. The molecule has 2 aromatic carbocycles.